The summed E-state index contributed by atoms with van der Waals surface area (Å²) in [6.07, 6.45) is 5.79. The van der Waals surface area contributed by atoms with Gasteiger partial charge in [0.25, 0.3) is 0 Å². The van der Waals surface area contributed by atoms with Crippen molar-refractivity contribution in [2.45, 2.75) is 44.9 Å². The molecule has 0 atom stereocenters. The maximum absolute atomic E-state index is 12.0. The first-order valence-electron chi connectivity index (χ1n) is 7.08. The quantitative estimate of drug-likeness (QED) is 0.687. The Balaban J connectivity index is 1.87. The van der Waals surface area contributed by atoms with Gasteiger partial charge in [0.1, 0.15) is 5.75 Å². The first-order chi connectivity index (χ1) is 8.79. The largest absolute Gasteiger partial charge is 0.494 e. The van der Waals surface area contributed by atoms with E-state index in [1.54, 1.807) is 0 Å². The third-order valence-electron chi connectivity index (χ3n) is 3.91. The van der Waals surface area contributed by atoms with Crippen molar-refractivity contribution in [2.24, 2.45) is 5.92 Å². The number of halogens is 1. The molecule has 1 aliphatic rings. The number of alkyl halides is 1. The third kappa shape index (κ3) is 3.72. The highest BCUT2D eigenvalue weighted by atomic mass is 19.1. The number of ether oxygens (including phenoxy) is 1. The minimum atomic E-state index is -0.307. The molecule has 0 bridgehead atoms. The van der Waals surface area contributed by atoms with Crippen molar-refractivity contribution >= 4 is 0 Å². The van der Waals surface area contributed by atoms with Gasteiger partial charge in [-0.05, 0) is 42.4 Å². The third-order valence-corrected chi connectivity index (χ3v) is 3.91. The average Bonchev–Trinajstić information content (AvgIpc) is 2.41. The van der Waals surface area contributed by atoms with Gasteiger partial charge in [-0.15, -0.1) is 0 Å². The Kier molecular flexibility index (Phi) is 5.03. The van der Waals surface area contributed by atoms with Crippen molar-refractivity contribution in [3.63, 3.8) is 0 Å². The second-order valence-electron chi connectivity index (χ2n) is 5.42. The zero-order chi connectivity index (χ0) is 12.8. The molecule has 1 aromatic carbocycles. The van der Waals surface area contributed by atoms with E-state index in [1.807, 2.05) is 12.1 Å². The van der Waals surface area contributed by atoms with Crippen LogP contribution < -0.4 is 4.74 Å². The van der Waals surface area contributed by atoms with Gasteiger partial charge < -0.3 is 4.74 Å². The van der Waals surface area contributed by atoms with E-state index >= 15 is 0 Å². The Hall–Kier alpha value is -1.05. The molecule has 2 heteroatoms. The van der Waals surface area contributed by atoms with Crippen LogP contribution in [0.4, 0.5) is 4.39 Å². The number of rotatable bonds is 5. The van der Waals surface area contributed by atoms with Crippen LogP contribution in [0.2, 0.25) is 0 Å². The summed E-state index contributed by atoms with van der Waals surface area (Å²) in [5.41, 5.74) is 1.43. The van der Waals surface area contributed by atoms with E-state index in [9.17, 15) is 4.39 Å². The van der Waals surface area contributed by atoms with Crippen LogP contribution in [0.3, 0.4) is 0 Å². The maximum atomic E-state index is 12.0. The van der Waals surface area contributed by atoms with Gasteiger partial charge in [0.15, 0.2) is 0 Å². The van der Waals surface area contributed by atoms with Crippen LogP contribution in [0.15, 0.2) is 24.3 Å². The molecule has 1 nitrogen and oxygen atoms in total. The summed E-state index contributed by atoms with van der Waals surface area (Å²) in [4.78, 5) is 0. The first kappa shape index (κ1) is 13.4. The summed E-state index contributed by atoms with van der Waals surface area (Å²) >= 11 is 0. The van der Waals surface area contributed by atoms with Crippen LogP contribution in [-0.4, -0.2) is 13.3 Å². The predicted molar refractivity (Wildman–Crippen MR) is 72.9 cm³/mol. The molecule has 0 unspecified atom stereocenters. The standard InChI is InChI=1S/C16H23FO/c1-13-3-5-14(6-4-13)15-7-9-16(10-8-15)18-12-2-11-17/h7-10,13-14H,2-6,11-12H2,1H3. The van der Waals surface area contributed by atoms with Crippen LogP contribution >= 0.6 is 0 Å². The molecule has 0 heterocycles. The minimum absolute atomic E-state index is 0.307. The lowest BCUT2D eigenvalue weighted by Crippen LogP contribution is -2.10. The Morgan fingerprint density at radius 3 is 2.39 bits per heavy atom. The predicted octanol–water partition coefficient (Wildman–Crippen LogP) is 4.72. The van der Waals surface area contributed by atoms with Gasteiger partial charge in [-0.25, -0.2) is 0 Å². The van der Waals surface area contributed by atoms with E-state index in [1.165, 1.54) is 31.2 Å². The highest BCUT2D eigenvalue weighted by Gasteiger charge is 2.19. The molecule has 1 aliphatic carbocycles. The Bertz CT molecular complexity index is 339. The molecule has 0 aliphatic heterocycles. The zero-order valence-electron chi connectivity index (χ0n) is 11.2. The molecule has 0 N–H and O–H groups in total. The molecule has 1 fully saturated rings. The smallest absolute Gasteiger partial charge is 0.119 e. The van der Waals surface area contributed by atoms with E-state index in [-0.39, 0.29) is 6.67 Å². The van der Waals surface area contributed by atoms with E-state index in [2.05, 4.69) is 19.1 Å². The van der Waals surface area contributed by atoms with E-state index in [4.69, 9.17) is 4.74 Å². The zero-order valence-corrected chi connectivity index (χ0v) is 11.2. The molecule has 1 saturated carbocycles. The molecule has 1 aromatic rings. The lowest BCUT2D eigenvalue weighted by molar-refractivity contribution is 0.289. The highest BCUT2D eigenvalue weighted by Crippen LogP contribution is 2.35. The van der Waals surface area contributed by atoms with Crippen molar-refractivity contribution in [1.29, 1.82) is 0 Å². The summed E-state index contributed by atoms with van der Waals surface area (Å²) in [5, 5.41) is 0. The molecular weight excluding hydrogens is 227 g/mol. The number of hydrogen-bond acceptors (Lipinski definition) is 1. The van der Waals surface area contributed by atoms with Gasteiger partial charge in [-0.1, -0.05) is 31.9 Å². The van der Waals surface area contributed by atoms with Gasteiger partial charge in [-0.2, -0.15) is 0 Å². The fourth-order valence-electron chi connectivity index (χ4n) is 2.67. The Morgan fingerprint density at radius 1 is 1.11 bits per heavy atom. The summed E-state index contributed by atoms with van der Waals surface area (Å²) in [7, 11) is 0. The lowest BCUT2D eigenvalue weighted by atomic mass is 9.79. The summed E-state index contributed by atoms with van der Waals surface area (Å²) in [6, 6.07) is 8.38. The molecule has 0 aromatic heterocycles. The molecule has 0 saturated heterocycles. The highest BCUT2D eigenvalue weighted by molar-refractivity contribution is 5.29. The monoisotopic (exact) mass is 250 g/mol. The number of benzene rings is 1. The van der Waals surface area contributed by atoms with Gasteiger partial charge in [0, 0.05) is 6.42 Å². The second kappa shape index (κ2) is 6.77. The topological polar surface area (TPSA) is 9.23 Å². The van der Waals surface area contributed by atoms with Crippen molar-refractivity contribution in [3.8, 4) is 5.75 Å². The molecule has 18 heavy (non-hydrogen) atoms. The van der Waals surface area contributed by atoms with Gasteiger partial charge in [0.2, 0.25) is 0 Å². The Morgan fingerprint density at radius 2 is 1.78 bits per heavy atom. The van der Waals surface area contributed by atoms with E-state index < -0.39 is 0 Å². The second-order valence-corrected chi connectivity index (χ2v) is 5.42. The summed E-state index contributed by atoms with van der Waals surface area (Å²) < 4.78 is 17.4. The summed E-state index contributed by atoms with van der Waals surface area (Å²) in [6.45, 7) is 2.51. The fraction of sp³-hybridized carbons (Fsp3) is 0.625. The lowest BCUT2D eigenvalue weighted by Gasteiger charge is -2.26. The average molecular weight is 250 g/mol. The molecule has 100 valence electrons. The van der Waals surface area contributed by atoms with Crippen LogP contribution in [0, 0.1) is 5.92 Å². The SMILES string of the molecule is CC1CCC(c2ccc(OCCCF)cc2)CC1. The molecular formula is C16H23FO. The molecule has 2 rings (SSSR count). The van der Waals surface area contributed by atoms with Gasteiger partial charge in [0.05, 0.1) is 13.3 Å². The molecule has 0 radical (unpaired) electrons. The maximum Gasteiger partial charge on any atom is 0.119 e. The fourth-order valence-corrected chi connectivity index (χ4v) is 2.67. The van der Waals surface area contributed by atoms with Crippen LogP contribution in [0.5, 0.6) is 5.75 Å². The van der Waals surface area contributed by atoms with Crippen molar-refractivity contribution in [1.82, 2.24) is 0 Å². The van der Waals surface area contributed by atoms with Crippen LogP contribution in [-0.2, 0) is 0 Å². The molecule has 0 spiro atoms. The van der Waals surface area contributed by atoms with E-state index in [0.29, 0.717) is 13.0 Å². The van der Waals surface area contributed by atoms with Crippen molar-refractivity contribution < 1.29 is 9.13 Å². The van der Waals surface area contributed by atoms with Gasteiger partial charge in [-0.3, -0.25) is 4.39 Å². The normalized spacial score (nSPS) is 23.9. The van der Waals surface area contributed by atoms with Crippen molar-refractivity contribution in [2.75, 3.05) is 13.3 Å². The van der Waals surface area contributed by atoms with Crippen LogP contribution in [0.1, 0.15) is 50.5 Å². The number of hydrogen-bond donors (Lipinski definition) is 0. The minimum Gasteiger partial charge on any atom is -0.494 e. The van der Waals surface area contributed by atoms with Gasteiger partial charge >= 0.3 is 0 Å². The first-order valence-corrected chi connectivity index (χ1v) is 7.08. The van der Waals surface area contributed by atoms with Crippen LogP contribution in [0.25, 0.3) is 0 Å². The Labute approximate surface area is 109 Å². The summed E-state index contributed by atoms with van der Waals surface area (Å²) in [5.74, 6) is 2.47. The molecule has 0 amide bonds. The van der Waals surface area contributed by atoms with E-state index in [0.717, 1.165) is 17.6 Å². The van der Waals surface area contributed by atoms with Crippen molar-refractivity contribution in [3.05, 3.63) is 29.8 Å².